The van der Waals surface area contributed by atoms with Crippen LogP contribution in [0.2, 0.25) is 5.02 Å². The van der Waals surface area contributed by atoms with Crippen molar-refractivity contribution in [1.82, 2.24) is 4.57 Å². The van der Waals surface area contributed by atoms with Gasteiger partial charge in [0.1, 0.15) is 5.69 Å². The molecule has 0 saturated carbocycles. The minimum atomic E-state index is -1.01. The molecule has 1 N–H and O–H groups in total. The number of hydrogen-bond acceptors (Lipinski definition) is 2. The second kappa shape index (κ2) is 5.25. The van der Waals surface area contributed by atoms with Crippen molar-refractivity contribution in [2.45, 2.75) is 6.61 Å². The van der Waals surface area contributed by atoms with Gasteiger partial charge in [0.25, 0.3) is 0 Å². The molecule has 0 aliphatic rings. The molecule has 0 fully saturated rings. The standard InChI is InChI=1S/C13H12ClNO3/c1-18-8-9-3-2-4-11(5-9)15-7-10(14)6-12(15)13(16)17/h2-7H,8H2,1H3,(H,16,17). The molecule has 1 aromatic heterocycles. The molecule has 5 heteroatoms. The Bertz CT molecular complexity index is 577. The Labute approximate surface area is 109 Å². The summed E-state index contributed by atoms with van der Waals surface area (Å²) in [5.41, 5.74) is 1.85. The van der Waals surface area contributed by atoms with Gasteiger partial charge in [0.15, 0.2) is 0 Å². The van der Waals surface area contributed by atoms with Crippen LogP contribution in [0.3, 0.4) is 0 Å². The Kier molecular flexibility index (Phi) is 3.69. The van der Waals surface area contributed by atoms with E-state index < -0.39 is 5.97 Å². The zero-order chi connectivity index (χ0) is 13.1. The number of halogens is 1. The first-order valence-corrected chi connectivity index (χ1v) is 5.69. The summed E-state index contributed by atoms with van der Waals surface area (Å²) < 4.78 is 6.60. The van der Waals surface area contributed by atoms with Crippen molar-refractivity contribution in [2.24, 2.45) is 0 Å². The lowest BCUT2D eigenvalue weighted by Gasteiger charge is -2.08. The lowest BCUT2D eigenvalue weighted by Crippen LogP contribution is -2.05. The molecule has 18 heavy (non-hydrogen) atoms. The zero-order valence-corrected chi connectivity index (χ0v) is 10.5. The molecular formula is C13H12ClNO3. The summed E-state index contributed by atoms with van der Waals surface area (Å²) in [5, 5.41) is 9.50. The minimum absolute atomic E-state index is 0.134. The molecule has 0 atom stereocenters. The molecule has 0 unspecified atom stereocenters. The molecule has 2 rings (SSSR count). The van der Waals surface area contributed by atoms with Gasteiger partial charge in [0.05, 0.1) is 11.6 Å². The Hall–Kier alpha value is -1.78. The Morgan fingerprint density at radius 2 is 2.22 bits per heavy atom. The minimum Gasteiger partial charge on any atom is -0.477 e. The van der Waals surface area contributed by atoms with Gasteiger partial charge in [-0.1, -0.05) is 23.7 Å². The van der Waals surface area contributed by atoms with Crippen molar-refractivity contribution in [2.75, 3.05) is 7.11 Å². The van der Waals surface area contributed by atoms with Crippen LogP contribution in [0.1, 0.15) is 16.1 Å². The number of aromatic nitrogens is 1. The van der Waals surface area contributed by atoms with Crippen LogP contribution >= 0.6 is 11.6 Å². The van der Waals surface area contributed by atoms with Crippen LogP contribution in [0.5, 0.6) is 0 Å². The van der Waals surface area contributed by atoms with Gasteiger partial charge in [-0.3, -0.25) is 0 Å². The number of benzene rings is 1. The van der Waals surface area contributed by atoms with E-state index in [0.29, 0.717) is 11.6 Å². The molecule has 0 radical (unpaired) electrons. The van der Waals surface area contributed by atoms with Crippen molar-refractivity contribution in [3.05, 3.63) is 52.8 Å². The van der Waals surface area contributed by atoms with Crippen LogP contribution in [-0.4, -0.2) is 22.8 Å². The summed E-state index contributed by atoms with van der Waals surface area (Å²) >= 11 is 5.85. The number of ether oxygens (including phenoxy) is 1. The first-order chi connectivity index (χ1) is 8.61. The predicted octanol–water partition coefficient (Wildman–Crippen LogP) is 2.98. The van der Waals surface area contributed by atoms with Gasteiger partial charge in [0.2, 0.25) is 0 Å². The fraction of sp³-hybridized carbons (Fsp3) is 0.154. The summed E-state index contributed by atoms with van der Waals surface area (Å²) in [4.78, 5) is 11.1. The monoisotopic (exact) mass is 265 g/mol. The van der Waals surface area contributed by atoms with E-state index in [4.69, 9.17) is 21.4 Å². The van der Waals surface area contributed by atoms with E-state index in [9.17, 15) is 4.79 Å². The number of carboxylic acid groups (broad SMARTS) is 1. The average Bonchev–Trinajstić information content (AvgIpc) is 2.72. The summed E-state index contributed by atoms with van der Waals surface area (Å²) in [7, 11) is 1.61. The van der Waals surface area contributed by atoms with Gasteiger partial charge in [0, 0.05) is 19.0 Å². The van der Waals surface area contributed by atoms with Crippen LogP contribution in [0.15, 0.2) is 36.5 Å². The molecule has 0 saturated heterocycles. The van der Waals surface area contributed by atoms with Crippen molar-refractivity contribution in [3.8, 4) is 5.69 Å². The van der Waals surface area contributed by atoms with Crippen LogP contribution in [0, 0.1) is 0 Å². The number of carboxylic acids is 1. The first kappa shape index (κ1) is 12.7. The topological polar surface area (TPSA) is 51.5 Å². The molecule has 0 aliphatic heterocycles. The van der Waals surface area contributed by atoms with E-state index in [-0.39, 0.29) is 5.69 Å². The fourth-order valence-corrected chi connectivity index (χ4v) is 1.97. The third kappa shape index (κ3) is 2.55. The molecule has 94 valence electrons. The van der Waals surface area contributed by atoms with Gasteiger partial charge < -0.3 is 14.4 Å². The van der Waals surface area contributed by atoms with Crippen LogP contribution in [0.25, 0.3) is 5.69 Å². The molecule has 0 amide bonds. The highest BCUT2D eigenvalue weighted by molar-refractivity contribution is 6.31. The first-order valence-electron chi connectivity index (χ1n) is 5.31. The number of rotatable bonds is 4. The van der Waals surface area contributed by atoms with E-state index >= 15 is 0 Å². The Morgan fingerprint density at radius 1 is 1.44 bits per heavy atom. The lowest BCUT2D eigenvalue weighted by atomic mass is 10.2. The average molecular weight is 266 g/mol. The van der Waals surface area contributed by atoms with Crippen LogP contribution in [0.4, 0.5) is 0 Å². The fourth-order valence-electron chi connectivity index (χ4n) is 1.77. The summed E-state index contributed by atoms with van der Waals surface area (Å²) in [6.07, 6.45) is 1.58. The summed E-state index contributed by atoms with van der Waals surface area (Å²) in [6, 6.07) is 8.88. The van der Waals surface area contributed by atoms with Gasteiger partial charge >= 0.3 is 5.97 Å². The predicted molar refractivity (Wildman–Crippen MR) is 68.5 cm³/mol. The van der Waals surface area contributed by atoms with Gasteiger partial charge in [-0.2, -0.15) is 0 Å². The molecule has 0 spiro atoms. The van der Waals surface area contributed by atoms with Gasteiger partial charge in [-0.05, 0) is 23.8 Å². The third-order valence-corrected chi connectivity index (χ3v) is 2.71. The quantitative estimate of drug-likeness (QED) is 0.925. The lowest BCUT2D eigenvalue weighted by molar-refractivity contribution is 0.0688. The number of methoxy groups -OCH3 is 1. The number of aromatic carboxylic acids is 1. The van der Waals surface area contributed by atoms with E-state index in [2.05, 4.69) is 0 Å². The summed E-state index contributed by atoms with van der Waals surface area (Å²) in [6.45, 7) is 0.477. The van der Waals surface area contributed by atoms with Gasteiger partial charge in [-0.25, -0.2) is 4.79 Å². The normalized spacial score (nSPS) is 10.6. The molecule has 4 nitrogen and oxygen atoms in total. The van der Waals surface area contributed by atoms with Gasteiger partial charge in [-0.15, -0.1) is 0 Å². The Morgan fingerprint density at radius 3 is 2.89 bits per heavy atom. The molecule has 1 heterocycles. The molecular weight excluding hydrogens is 254 g/mol. The second-order valence-electron chi connectivity index (χ2n) is 3.82. The van der Waals surface area contributed by atoms with Crippen molar-refractivity contribution in [1.29, 1.82) is 0 Å². The number of carbonyl (C=O) groups is 1. The van der Waals surface area contributed by atoms with Crippen molar-refractivity contribution < 1.29 is 14.6 Å². The highest BCUT2D eigenvalue weighted by Crippen LogP contribution is 2.20. The highest BCUT2D eigenvalue weighted by atomic mass is 35.5. The molecule has 0 bridgehead atoms. The molecule has 0 aliphatic carbocycles. The molecule has 1 aromatic carbocycles. The summed E-state index contributed by atoms with van der Waals surface area (Å²) in [5.74, 6) is -1.01. The van der Waals surface area contributed by atoms with E-state index in [1.807, 2.05) is 24.3 Å². The van der Waals surface area contributed by atoms with E-state index in [1.54, 1.807) is 17.9 Å². The van der Waals surface area contributed by atoms with E-state index in [0.717, 1.165) is 11.3 Å². The zero-order valence-electron chi connectivity index (χ0n) is 9.76. The van der Waals surface area contributed by atoms with E-state index in [1.165, 1.54) is 6.07 Å². The second-order valence-corrected chi connectivity index (χ2v) is 4.26. The maximum absolute atomic E-state index is 11.1. The SMILES string of the molecule is COCc1cccc(-n2cc(Cl)cc2C(=O)O)c1. The largest absolute Gasteiger partial charge is 0.477 e. The maximum Gasteiger partial charge on any atom is 0.352 e. The molecule has 2 aromatic rings. The number of nitrogens with zero attached hydrogens (tertiary/aromatic N) is 1. The highest BCUT2D eigenvalue weighted by Gasteiger charge is 2.13. The Balaban J connectivity index is 2.47. The smallest absolute Gasteiger partial charge is 0.352 e. The van der Waals surface area contributed by atoms with Crippen molar-refractivity contribution >= 4 is 17.6 Å². The number of hydrogen-bond donors (Lipinski definition) is 1. The maximum atomic E-state index is 11.1. The third-order valence-electron chi connectivity index (χ3n) is 2.51. The van der Waals surface area contributed by atoms with Crippen LogP contribution in [-0.2, 0) is 11.3 Å². The van der Waals surface area contributed by atoms with Crippen LogP contribution < -0.4 is 0 Å². The van der Waals surface area contributed by atoms with Crippen molar-refractivity contribution in [3.63, 3.8) is 0 Å².